The zero-order chi connectivity index (χ0) is 25.2. The number of rotatable bonds is 9. The molecule has 13 heteroatoms. The normalized spacial score (nSPS) is 14.3. The first-order chi connectivity index (χ1) is 16.6. The lowest BCUT2D eigenvalue weighted by Gasteiger charge is -2.14. The summed E-state index contributed by atoms with van der Waals surface area (Å²) in [6, 6.07) is 6.46. The third-order valence-corrected chi connectivity index (χ3v) is 6.12. The quantitative estimate of drug-likeness (QED) is 0.382. The molecule has 0 saturated heterocycles. The minimum atomic E-state index is -3.53. The fraction of sp³-hybridized carbons (Fsp3) is 0.364. The van der Waals surface area contributed by atoms with Crippen LogP contribution in [-0.4, -0.2) is 55.4 Å². The molecule has 11 nitrogen and oxygen atoms in total. The van der Waals surface area contributed by atoms with Crippen molar-refractivity contribution in [1.82, 2.24) is 20.3 Å². The van der Waals surface area contributed by atoms with E-state index >= 15 is 0 Å². The smallest absolute Gasteiger partial charge is 0.407 e. The summed E-state index contributed by atoms with van der Waals surface area (Å²) in [5, 5.41) is 5.93. The van der Waals surface area contributed by atoms with E-state index in [1.165, 1.54) is 7.11 Å². The number of aromatic nitrogens is 3. The van der Waals surface area contributed by atoms with Crippen molar-refractivity contribution in [2.24, 2.45) is 0 Å². The maximum atomic E-state index is 11.8. The number of nitrogens with zero attached hydrogens (tertiary/aromatic N) is 3. The first-order valence-corrected chi connectivity index (χ1v) is 13.1. The highest BCUT2D eigenvalue weighted by atomic mass is 35.5. The third kappa shape index (κ3) is 6.20. The summed E-state index contributed by atoms with van der Waals surface area (Å²) in [5.41, 5.74) is 1.68. The largest absolute Gasteiger partial charge is 0.453 e. The number of benzene rings is 1. The van der Waals surface area contributed by atoms with E-state index in [-0.39, 0.29) is 22.7 Å². The van der Waals surface area contributed by atoms with Crippen molar-refractivity contribution in [2.45, 2.75) is 31.7 Å². The molecule has 0 spiro atoms. The number of methoxy groups -OCH3 is 1. The number of carbonyl (C=O) groups is 1. The van der Waals surface area contributed by atoms with Gasteiger partial charge in [-0.25, -0.2) is 28.2 Å². The Kier molecular flexibility index (Phi) is 7.13. The molecule has 1 aromatic carbocycles. The molecule has 3 N–H and O–H groups in total. The predicted octanol–water partition coefficient (Wildman–Crippen LogP) is 3.86. The summed E-state index contributed by atoms with van der Waals surface area (Å²) in [4.78, 5) is 24.9. The van der Waals surface area contributed by atoms with E-state index in [0.29, 0.717) is 41.1 Å². The first kappa shape index (κ1) is 24.7. The molecule has 186 valence electrons. The van der Waals surface area contributed by atoms with Crippen LogP contribution in [0.5, 0.6) is 0 Å². The number of ether oxygens (including phenoxy) is 1. The summed E-state index contributed by atoms with van der Waals surface area (Å²) in [7, 11) is -2.23. The van der Waals surface area contributed by atoms with Crippen LogP contribution in [0.2, 0.25) is 5.02 Å². The zero-order valence-corrected chi connectivity index (χ0v) is 20.9. The summed E-state index contributed by atoms with van der Waals surface area (Å²) in [6.45, 7) is 2.17. The minimum Gasteiger partial charge on any atom is -0.453 e. The van der Waals surface area contributed by atoms with Crippen molar-refractivity contribution in [1.29, 1.82) is 0 Å². The van der Waals surface area contributed by atoms with E-state index in [9.17, 15) is 13.2 Å². The van der Waals surface area contributed by atoms with Crippen LogP contribution in [0, 0.1) is 0 Å². The lowest BCUT2D eigenvalue weighted by molar-refractivity contribution is 0.168. The fourth-order valence-corrected chi connectivity index (χ4v) is 4.21. The average Bonchev–Trinajstić information content (AvgIpc) is 3.57. The van der Waals surface area contributed by atoms with E-state index < -0.39 is 16.1 Å². The van der Waals surface area contributed by atoms with Gasteiger partial charge in [0.05, 0.1) is 24.1 Å². The number of anilines is 2. The van der Waals surface area contributed by atoms with Crippen molar-refractivity contribution >= 4 is 39.4 Å². The minimum absolute atomic E-state index is 0.199. The summed E-state index contributed by atoms with van der Waals surface area (Å²) < 4.78 is 36.7. The van der Waals surface area contributed by atoms with Crippen LogP contribution in [0.4, 0.5) is 16.4 Å². The molecule has 2 aromatic heterocycles. The van der Waals surface area contributed by atoms with E-state index in [2.05, 4.69) is 30.1 Å². The Bertz CT molecular complexity index is 1340. The Morgan fingerprint density at radius 1 is 1.29 bits per heavy atom. The molecule has 1 aliphatic rings. The molecule has 4 rings (SSSR count). The number of alkyl carbamates (subject to hydrolysis) is 1. The van der Waals surface area contributed by atoms with E-state index in [0.717, 1.165) is 19.1 Å². The second-order valence-corrected chi connectivity index (χ2v) is 10.4. The van der Waals surface area contributed by atoms with Gasteiger partial charge in [0, 0.05) is 30.3 Å². The second-order valence-electron chi connectivity index (χ2n) is 8.23. The van der Waals surface area contributed by atoms with Gasteiger partial charge in [-0.15, -0.1) is 0 Å². The lowest BCUT2D eigenvalue weighted by atomic mass is 10.1. The van der Waals surface area contributed by atoms with Crippen LogP contribution >= 0.6 is 11.6 Å². The maximum Gasteiger partial charge on any atom is 0.407 e. The molecule has 0 bridgehead atoms. The highest BCUT2D eigenvalue weighted by molar-refractivity contribution is 7.92. The molecule has 3 aromatic rings. The van der Waals surface area contributed by atoms with Gasteiger partial charge >= 0.3 is 6.09 Å². The summed E-state index contributed by atoms with van der Waals surface area (Å²) in [6.07, 6.45) is 4.06. The Balaban J connectivity index is 1.66. The lowest BCUT2D eigenvalue weighted by Crippen LogP contribution is -2.37. The molecule has 1 aliphatic carbocycles. The molecule has 1 amide bonds. The molecular weight excluding hydrogens is 496 g/mol. The number of halogens is 1. The van der Waals surface area contributed by atoms with Gasteiger partial charge in [-0.3, -0.25) is 4.72 Å². The number of carbonyl (C=O) groups excluding carboxylic acids is 1. The van der Waals surface area contributed by atoms with Gasteiger partial charge in [-0.2, -0.15) is 0 Å². The summed E-state index contributed by atoms with van der Waals surface area (Å²) in [5.74, 6) is 1.53. The van der Waals surface area contributed by atoms with E-state index in [4.69, 9.17) is 21.0 Å². The topological polar surface area (TPSA) is 148 Å². The van der Waals surface area contributed by atoms with Crippen LogP contribution in [0.1, 0.15) is 31.6 Å². The van der Waals surface area contributed by atoms with Gasteiger partial charge in [-0.05, 0) is 31.9 Å². The molecule has 2 heterocycles. The Hall–Kier alpha value is -3.38. The van der Waals surface area contributed by atoms with Crippen LogP contribution in [0.25, 0.3) is 22.7 Å². The maximum absolute atomic E-state index is 11.8. The van der Waals surface area contributed by atoms with Crippen molar-refractivity contribution in [2.75, 3.05) is 29.9 Å². The number of hydrogen-bond acceptors (Lipinski definition) is 9. The number of hydrogen-bond donors (Lipinski definition) is 3. The molecule has 1 unspecified atom stereocenters. The second kappa shape index (κ2) is 10.1. The number of oxazole rings is 1. The number of nitrogens with one attached hydrogen (secondary N) is 3. The SMILES string of the molecule is COC(=O)NC(C)CNc1nccc(-c2oc(C3CC3)nc2-c2cccc(NS(C)(=O)=O)c2Cl)n1. The predicted molar refractivity (Wildman–Crippen MR) is 132 cm³/mol. The van der Waals surface area contributed by atoms with Crippen molar-refractivity contribution < 1.29 is 22.4 Å². The highest BCUT2D eigenvalue weighted by Crippen LogP contribution is 2.45. The summed E-state index contributed by atoms with van der Waals surface area (Å²) >= 11 is 6.58. The van der Waals surface area contributed by atoms with Gasteiger partial charge in [0.2, 0.25) is 16.0 Å². The van der Waals surface area contributed by atoms with Crippen LogP contribution in [0.15, 0.2) is 34.9 Å². The van der Waals surface area contributed by atoms with Gasteiger partial charge in [0.1, 0.15) is 11.4 Å². The Morgan fingerprint density at radius 3 is 2.74 bits per heavy atom. The molecule has 1 fully saturated rings. The van der Waals surface area contributed by atoms with Gasteiger partial charge in [0.25, 0.3) is 0 Å². The monoisotopic (exact) mass is 520 g/mol. The molecule has 0 aliphatic heterocycles. The standard InChI is InChI=1S/C22H25ClN6O5S/c1-12(26-22(30)33-2)11-25-21-24-10-9-16(27-21)19-18(28-20(34-19)13-7-8-13)14-5-4-6-15(17(14)23)29-35(3,31)32/h4-6,9-10,12-13,29H,7-8,11H2,1-3H3,(H,26,30)(H,24,25,27). The Labute approximate surface area is 207 Å². The van der Waals surface area contributed by atoms with Crippen molar-refractivity contribution in [3.8, 4) is 22.7 Å². The molecular formula is C22H25ClN6O5S. The van der Waals surface area contributed by atoms with Crippen LogP contribution in [-0.2, 0) is 14.8 Å². The Morgan fingerprint density at radius 2 is 2.06 bits per heavy atom. The van der Waals surface area contributed by atoms with Crippen molar-refractivity contribution in [3.63, 3.8) is 0 Å². The number of sulfonamides is 1. The van der Waals surface area contributed by atoms with Crippen molar-refractivity contribution in [3.05, 3.63) is 41.4 Å². The molecule has 0 radical (unpaired) electrons. The van der Waals surface area contributed by atoms with E-state index in [1.54, 1.807) is 30.5 Å². The van der Waals surface area contributed by atoms with Gasteiger partial charge in [0.15, 0.2) is 11.7 Å². The molecule has 1 atom stereocenters. The highest BCUT2D eigenvalue weighted by Gasteiger charge is 2.32. The molecule has 35 heavy (non-hydrogen) atoms. The zero-order valence-electron chi connectivity index (χ0n) is 19.3. The fourth-order valence-electron chi connectivity index (χ4n) is 3.32. The van der Waals surface area contributed by atoms with E-state index in [1.807, 2.05) is 6.92 Å². The number of amides is 1. The molecule has 1 saturated carbocycles. The van der Waals surface area contributed by atoms with Crippen LogP contribution in [0.3, 0.4) is 0 Å². The average molecular weight is 521 g/mol. The first-order valence-electron chi connectivity index (χ1n) is 10.8. The van der Waals surface area contributed by atoms with Gasteiger partial charge < -0.3 is 19.8 Å². The van der Waals surface area contributed by atoms with Gasteiger partial charge in [-0.1, -0.05) is 23.7 Å². The van der Waals surface area contributed by atoms with Crippen LogP contribution < -0.4 is 15.4 Å². The third-order valence-electron chi connectivity index (χ3n) is 5.12.